The van der Waals surface area contributed by atoms with Crippen LogP contribution in [0.4, 0.5) is 0 Å². The molecule has 152 valence electrons. The number of pyridine rings is 1. The largest absolute Gasteiger partial charge is 0.497 e. The molecule has 3 heterocycles. The summed E-state index contributed by atoms with van der Waals surface area (Å²) in [6.45, 7) is 11.7. The van der Waals surface area contributed by atoms with Crippen LogP contribution in [0, 0.1) is 13.8 Å². The number of hydrogen-bond donors (Lipinski definition) is 0. The second kappa shape index (κ2) is 6.42. The van der Waals surface area contributed by atoms with Gasteiger partial charge in [-0.1, -0.05) is 17.7 Å². The highest BCUT2D eigenvalue weighted by Gasteiger charge is 2.52. The summed E-state index contributed by atoms with van der Waals surface area (Å²) in [6.07, 6.45) is 4.90. The fourth-order valence-electron chi connectivity index (χ4n) is 3.53. The summed E-state index contributed by atoms with van der Waals surface area (Å²) in [5.74, 6) is 0. The van der Waals surface area contributed by atoms with E-state index in [-0.39, 0.29) is 4.90 Å². The summed E-state index contributed by atoms with van der Waals surface area (Å²) < 4.78 is 40.5. The van der Waals surface area contributed by atoms with Crippen LogP contribution < -0.4 is 5.46 Å². The molecule has 0 bridgehead atoms. The lowest BCUT2D eigenvalue weighted by Gasteiger charge is -2.32. The zero-order valence-corrected chi connectivity index (χ0v) is 18.4. The Labute approximate surface area is 172 Å². The van der Waals surface area contributed by atoms with Crippen LogP contribution in [-0.2, 0) is 19.3 Å². The van der Waals surface area contributed by atoms with Crippen LogP contribution in [0.15, 0.2) is 47.8 Å². The first kappa shape index (κ1) is 20.1. The van der Waals surface area contributed by atoms with Gasteiger partial charge in [0.1, 0.15) is 0 Å². The Morgan fingerprint density at radius 2 is 1.55 bits per heavy atom. The van der Waals surface area contributed by atoms with Crippen molar-refractivity contribution in [2.24, 2.45) is 0 Å². The monoisotopic (exact) mass is 412 g/mol. The first-order valence-corrected chi connectivity index (χ1v) is 11.0. The van der Waals surface area contributed by atoms with Crippen LogP contribution in [0.1, 0.15) is 38.8 Å². The van der Waals surface area contributed by atoms with Crippen molar-refractivity contribution < 1.29 is 17.7 Å². The molecule has 0 radical (unpaired) electrons. The number of hydrogen-bond acceptors (Lipinski definition) is 5. The molecule has 29 heavy (non-hydrogen) atoms. The van der Waals surface area contributed by atoms with Crippen LogP contribution in [0.25, 0.3) is 10.9 Å². The summed E-state index contributed by atoms with van der Waals surface area (Å²) >= 11 is 0. The fraction of sp³-hybridized carbons (Fsp3) is 0.381. The third-order valence-corrected chi connectivity index (χ3v) is 7.67. The van der Waals surface area contributed by atoms with Gasteiger partial charge in [0, 0.05) is 23.2 Å². The van der Waals surface area contributed by atoms with E-state index in [0.717, 1.165) is 16.5 Å². The summed E-state index contributed by atoms with van der Waals surface area (Å²) in [6, 6.07) is 6.82. The smallest absolute Gasteiger partial charge is 0.399 e. The summed E-state index contributed by atoms with van der Waals surface area (Å²) in [5.41, 5.74) is 2.01. The molecule has 0 N–H and O–H groups in total. The Bertz CT molecular complexity index is 1180. The molecule has 2 aromatic heterocycles. The van der Waals surface area contributed by atoms with Crippen molar-refractivity contribution in [1.29, 1.82) is 0 Å². The lowest BCUT2D eigenvalue weighted by molar-refractivity contribution is 0.00578. The maximum absolute atomic E-state index is 13.4. The van der Waals surface area contributed by atoms with Crippen LogP contribution in [0.2, 0.25) is 0 Å². The van der Waals surface area contributed by atoms with E-state index < -0.39 is 28.3 Å². The van der Waals surface area contributed by atoms with E-state index >= 15 is 0 Å². The van der Waals surface area contributed by atoms with Gasteiger partial charge >= 0.3 is 7.12 Å². The van der Waals surface area contributed by atoms with E-state index in [0.29, 0.717) is 11.0 Å². The molecule has 1 fully saturated rings. The molecule has 0 aliphatic carbocycles. The van der Waals surface area contributed by atoms with E-state index in [1.54, 1.807) is 42.9 Å². The van der Waals surface area contributed by atoms with Crippen molar-refractivity contribution in [2.45, 2.75) is 57.6 Å². The lowest BCUT2D eigenvalue weighted by Crippen LogP contribution is -2.41. The molecule has 0 unspecified atom stereocenters. The maximum Gasteiger partial charge on any atom is 0.497 e. The van der Waals surface area contributed by atoms with Crippen LogP contribution in [0.5, 0.6) is 0 Å². The van der Waals surface area contributed by atoms with Gasteiger partial charge in [-0.2, -0.15) is 0 Å². The maximum atomic E-state index is 13.4. The average Bonchev–Trinajstić information content (AvgIpc) is 3.12. The molecule has 1 aromatic carbocycles. The predicted octanol–water partition coefficient (Wildman–Crippen LogP) is 3.19. The molecular weight excluding hydrogens is 387 g/mol. The number of fused-ring (bicyclic) bond motifs is 1. The number of rotatable bonds is 3. The molecule has 4 rings (SSSR count). The molecule has 6 nitrogen and oxygen atoms in total. The van der Waals surface area contributed by atoms with Crippen molar-refractivity contribution in [3.8, 4) is 0 Å². The minimum atomic E-state index is -3.80. The third kappa shape index (κ3) is 3.10. The van der Waals surface area contributed by atoms with Crippen molar-refractivity contribution in [3.63, 3.8) is 0 Å². The highest BCUT2D eigenvalue weighted by Crippen LogP contribution is 2.37. The minimum Gasteiger partial charge on any atom is -0.399 e. The number of aryl methyl sites for hydroxylation is 2. The second-order valence-electron chi connectivity index (χ2n) is 8.64. The minimum absolute atomic E-state index is 0.224. The lowest BCUT2D eigenvalue weighted by atomic mass is 9.78. The molecule has 0 saturated carbocycles. The standard InChI is InChI=1S/C21H25BN2O4S/c1-14-7-9-16(10-8-14)29(25,26)24-13-17(19-15(2)11-23-12-18(19)24)22-27-20(3,4)21(5,6)28-22/h7-13H,1-6H3. The molecule has 3 aromatic rings. The first-order chi connectivity index (χ1) is 13.4. The molecule has 1 aliphatic heterocycles. The molecule has 0 amide bonds. The molecular formula is C21H25BN2O4S. The van der Waals surface area contributed by atoms with Crippen molar-refractivity contribution in [3.05, 3.63) is 54.0 Å². The second-order valence-corrected chi connectivity index (χ2v) is 10.5. The van der Waals surface area contributed by atoms with Gasteiger partial charge in [-0.25, -0.2) is 12.4 Å². The molecule has 1 saturated heterocycles. The van der Waals surface area contributed by atoms with Crippen LogP contribution in [0.3, 0.4) is 0 Å². The van der Waals surface area contributed by atoms with E-state index in [9.17, 15) is 8.42 Å². The van der Waals surface area contributed by atoms with Crippen molar-refractivity contribution >= 4 is 33.5 Å². The summed E-state index contributed by atoms with van der Waals surface area (Å²) in [7, 11) is -4.47. The number of nitrogens with zero attached hydrogens (tertiary/aromatic N) is 2. The highest BCUT2D eigenvalue weighted by atomic mass is 32.2. The number of benzene rings is 1. The van der Waals surface area contributed by atoms with Gasteiger partial charge in [-0.15, -0.1) is 0 Å². The summed E-state index contributed by atoms with van der Waals surface area (Å²) in [5, 5.41) is 0.786. The van der Waals surface area contributed by atoms with Crippen LogP contribution >= 0.6 is 0 Å². The molecule has 0 atom stereocenters. The highest BCUT2D eigenvalue weighted by molar-refractivity contribution is 7.90. The van der Waals surface area contributed by atoms with Gasteiger partial charge in [0.25, 0.3) is 10.0 Å². The van der Waals surface area contributed by atoms with Gasteiger partial charge in [0.2, 0.25) is 0 Å². The Morgan fingerprint density at radius 3 is 2.14 bits per heavy atom. The van der Waals surface area contributed by atoms with Gasteiger partial charge in [0.15, 0.2) is 0 Å². The fourth-order valence-corrected chi connectivity index (χ4v) is 4.88. The van der Waals surface area contributed by atoms with E-state index in [1.165, 1.54) is 3.97 Å². The van der Waals surface area contributed by atoms with Gasteiger partial charge in [0.05, 0.1) is 27.8 Å². The Hall–Kier alpha value is -2.16. The molecule has 8 heteroatoms. The Morgan fingerprint density at radius 1 is 0.966 bits per heavy atom. The van der Waals surface area contributed by atoms with Gasteiger partial charge < -0.3 is 9.31 Å². The van der Waals surface area contributed by atoms with Crippen molar-refractivity contribution in [1.82, 2.24) is 8.96 Å². The normalized spacial score (nSPS) is 18.5. The van der Waals surface area contributed by atoms with Gasteiger partial charge in [-0.05, 0) is 59.2 Å². The molecule has 0 spiro atoms. The van der Waals surface area contributed by atoms with E-state index in [1.807, 2.05) is 41.5 Å². The Kier molecular flexibility index (Phi) is 4.46. The van der Waals surface area contributed by atoms with Crippen LogP contribution in [-0.4, -0.2) is 35.7 Å². The molecule has 1 aliphatic rings. The zero-order chi connectivity index (χ0) is 21.2. The zero-order valence-electron chi connectivity index (χ0n) is 17.6. The predicted molar refractivity (Wildman–Crippen MR) is 114 cm³/mol. The van der Waals surface area contributed by atoms with Gasteiger partial charge in [-0.3, -0.25) is 4.98 Å². The average molecular weight is 412 g/mol. The third-order valence-electron chi connectivity index (χ3n) is 5.98. The Balaban J connectivity index is 1.92. The van der Waals surface area contributed by atoms with Crippen molar-refractivity contribution in [2.75, 3.05) is 0 Å². The SMILES string of the molecule is Cc1ccc(S(=O)(=O)n2cc(B3OC(C)(C)C(C)(C)O3)c3c(C)cncc32)cc1. The van der Waals surface area contributed by atoms with E-state index in [4.69, 9.17) is 9.31 Å². The first-order valence-electron chi connectivity index (χ1n) is 9.57. The quantitative estimate of drug-likeness (QED) is 0.618. The summed E-state index contributed by atoms with van der Waals surface area (Å²) in [4.78, 5) is 4.45. The topological polar surface area (TPSA) is 70.4 Å². The number of aromatic nitrogens is 2. The van der Waals surface area contributed by atoms with E-state index in [2.05, 4.69) is 4.98 Å².